The van der Waals surface area contributed by atoms with Crippen LogP contribution in [0.3, 0.4) is 0 Å². The Hall–Kier alpha value is -1.81. The lowest BCUT2D eigenvalue weighted by atomic mass is 10.0. The number of rotatable bonds is 5. The fourth-order valence-corrected chi connectivity index (χ4v) is 7.74. The minimum atomic E-state index is -4.10. The predicted octanol–water partition coefficient (Wildman–Crippen LogP) is 5.30. The van der Waals surface area contributed by atoms with Crippen molar-refractivity contribution in [3.8, 4) is 0 Å². The number of sulfone groups is 1. The van der Waals surface area contributed by atoms with Gasteiger partial charge in [-0.1, -0.05) is 59.1 Å². The first-order valence-corrected chi connectivity index (χ1v) is 14.7. The SMILES string of the molecule is CS(=O)(=O)c1ccccc1S(=O)(=O)N1CCN(c2ccc(Cl)cc2Cl)C(c2ccc(Cl)cc2)C1. The van der Waals surface area contributed by atoms with Gasteiger partial charge in [0.2, 0.25) is 10.0 Å². The van der Waals surface area contributed by atoms with E-state index in [-0.39, 0.29) is 22.9 Å². The van der Waals surface area contributed by atoms with E-state index in [0.717, 1.165) is 17.5 Å². The van der Waals surface area contributed by atoms with Crippen LogP contribution in [0, 0.1) is 0 Å². The molecule has 0 saturated carbocycles. The van der Waals surface area contributed by atoms with Gasteiger partial charge >= 0.3 is 0 Å². The molecule has 1 heterocycles. The van der Waals surface area contributed by atoms with Gasteiger partial charge in [-0.15, -0.1) is 0 Å². The molecule has 6 nitrogen and oxygen atoms in total. The molecule has 1 saturated heterocycles. The van der Waals surface area contributed by atoms with Crippen LogP contribution in [0.5, 0.6) is 0 Å². The van der Waals surface area contributed by atoms with E-state index in [0.29, 0.717) is 21.6 Å². The standard InChI is InChI=1S/C23H21Cl3N2O4S2/c1-33(29,30)22-4-2-3-5-23(22)34(31,32)27-12-13-28(20-11-10-18(25)14-19(20)26)21(15-27)16-6-8-17(24)9-7-16/h2-11,14,21H,12-13,15H2,1H3. The fraction of sp³-hybridized carbons (Fsp3) is 0.217. The smallest absolute Gasteiger partial charge is 0.244 e. The molecule has 0 amide bonds. The van der Waals surface area contributed by atoms with Gasteiger partial charge in [-0.05, 0) is 48.0 Å². The molecule has 0 spiro atoms. The first-order chi connectivity index (χ1) is 16.0. The van der Waals surface area contributed by atoms with Crippen molar-refractivity contribution in [2.45, 2.75) is 15.8 Å². The van der Waals surface area contributed by atoms with Gasteiger partial charge in [0.25, 0.3) is 0 Å². The van der Waals surface area contributed by atoms with Gasteiger partial charge in [0, 0.05) is 35.9 Å². The van der Waals surface area contributed by atoms with Crippen LogP contribution in [-0.2, 0) is 19.9 Å². The summed E-state index contributed by atoms with van der Waals surface area (Å²) in [5.41, 5.74) is 1.56. The molecular weight excluding hydrogens is 539 g/mol. The molecule has 1 unspecified atom stereocenters. The third-order valence-corrected chi connectivity index (χ3v) is 9.68. The largest absolute Gasteiger partial charge is 0.361 e. The van der Waals surface area contributed by atoms with Crippen molar-refractivity contribution in [2.24, 2.45) is 0 Å². The number of nitrogens with zero attached hydrogens (tertiary/aromatic N) is 2. The van der Waals surface area contributed by atoms with E-state index in [4.69, 9.17) is 34.8 Å². The third-order valence-electron chi connectivity index (χ3n) is 5.68. The van der Waals surface area contributed by atoms with Crippen LogP contribution in [-0.4, -0.2) is 47.0 Å². The molecule has 1 aliphatic rings. The summed E-state index contributed by atoms with van der Waals surface area (Å²) in [7, 11) is -7.85. The minimum absolute atomic E-state index is 0.0843. The first kappa shape index (κ1) is 25.3. The maximum Gasteiger partial charge on any atom is 0.244 e. The van der Waals surface area contributed by atoms with Crippen molar-refractivity contribution in [2.75, 3.05) is 30.8 Å². The van der Waals surface area contributed by atoms with Crippen molar-refractivity contribution >= 4 is 60.4 Å². The number of hydrogen-bond donors (Lipinski definition) is 0. The lowest BCUT2D eigenvalue weighted by molar-refractivity contribution is 0.335. The number of hydrogen-bond acceptors (Lipinski definition) is 5. The lowest BCUT2D eigenvalue weighted by Gasteiger charge is -2.43. The van der Waals surface area contributed by atoms with Gasteiger partial charge in [-0.3, -0.25) is 0 Å². The monoisotopic (exact) mass is 558 g/mol. The summed E-state index contributed by atoms with van der Waals surface area (Å²) in [5, 5.41) is 1.50. The van der Waals surface area contributed by atoms with Gasteiger partial charge in [0.15, 0.2) is 9.84 Å². The number of benzene rings is 3. The molecule has 34 heavy (non-hydrogen) atoms. The Kier molecular flexibility index (Phi) is 7.20. The highest BCUT2D eigenvalue weighted by molar-refractivity contribution is 7.93. The molecule has 1 atom stereocenters. The molecule has 180 valence electrons. The molecule has 4 rings (SSSR count). The highest BCUT2D eigenvalue weighted by Crippen LogP contribution is 2.38. The zero-order valence-corrected chi connectivity index (χ0v) is 21.9. The van der Waals surface area contributed by atoms with Crippen molar-refractivity contribution < 1.29 is 16.8 Å². The van der Waals surface area contributed by atoms with E-state index in [9.17, 15) is 16.8 Å². The van der Waals surface area contributed by atoms with Crippen molar-refractivity contribution in [3.05, 3.63) is 87.4 Å². The molecule has 0 aliphatic carbocycles. The zero-order valence-electron chi connectivity index (χ0n) is 18.0. The molecule has 11 heteroatoms. The highest BCUT2D eigenvalue weighted by atomic mass is 35.5. The molecule has 1 fully saturated rings. The average Bonchev–Trinajstić information content (AvgIpc) is 2.79. The van der Waals surface area contributed by atoms with Crippen LogP contribution in [0.25, 0.3) is 0 Å². The Morgan fingerprint density at radius 1 is 0.794 bits per heavy atom. The van der Waals surface area contributed by atoms with E-state index < -0.39 is 25.9 Å². The van der Waals surface area contributed by atoms with Crippen LogP contribution in [0.4, 0.5) is 5.69 Å². The van der Waals surface area contributed by atoms with Crippen LogP contribution in [0.2, 0.25) is 15.1 Å². The maximum absolute atomic E-state index is 13.6. The summed E-state index contributed by atoms with van der Waals surface area (Å²) in [5.74, 6) is 0. The number of sulfonamides is 1. The predicted molar refractivity (Wildman–Crippen MR) is 136 cm³/mol. The van der Waals surface area contributed by atoms with Crippen LogP contribution < -0.4 is 4.90 Å². The average molecular weight is 560 g/mol. The van der Waals surface area contributed by atoms with Gasteiger partial charge in [-0.25, -0.2) is 16.8 Å². The molecule has 0 radical (unpaired) electrons. The summed E-state index contributed by atoms with van der Waals surface area (Å²) >= 11 is 18.6. The topological polar surface area (TPSA) is 74.8 Å². The Bertz CT molecular complexity index is 1430. The summed E-state index contributed by atoms with van der Waals surface area (Å²) in [6.07, 6.45) is 0.998. The van der Waals surface area contributed by atoms with E-state index in [2.05, 4.69) is 0 Å². The highest BCUT2D eigenvalue weighted by Gasteiger charge is 2.37. The Morgan fingerprint density at radius 2 is 1.41 bits per heavy atom. The Labute approximate surface area is 214 Å². The molecule has 3 aromatic rings. The van der Waals surface area contributed by atoms with Crippen molar-refractivity contribution in [1.82, 2.24) is 4.31 Å². The minimum Gasteiger partial charge on any atom is -0.361 e. The normalized spacial score (nSPS) is 17.6. The summed E-state index contributed by atoms with van der Waals surface area (Å²) in [6.45, 7) is 0.555. The molecule has 0 aromatic heterocycles. The second-order valence-corrected chi connectivity index (χ2v) is 13.1. The van der Waals surface area contributed by atoms with Gasteiger partial charge < -0.3 is 4.90 Å². The number of piperazine rings is 1. The van der Waals surface area contributed by atoms with Gasteiger partial charge in [0.05, 0.1) is 21.6 Å². The lowest BCUT2D eigenvalue weighted by Crippen LogP contribution is -2.50. The van der Waals surface area contributed by atoms with Gasteiger partial charge in [0.1, 0.15) is 4.90 Å². The van der Waals surface area contributed by atoms with E-state index in [1.54, 1.807) is 30.3 Å². The zero-order chi connectivity index (χ0) is 24.7. The van der Waals surface area contributed by atoms with Crippen LogP contribution in [0.15, 0.2) is 76.5 Å². The molecule has 0 N–H and O–H groups in total. The van der Waals surface area contributed by atoms with E-state index in [1.165, 1.54) is 28.6 Å². The molecule has 0 bridgehead atoms. The van der Waals surface area contributed by atoms with E-state index in [1.807, 2.05) is 17.0 Å². The first-order valence-electron chi connectivity index (χ1n) is 10.2. The number of halogens is 3. The van der Waals surface area contributed by atoms with Gasteiger partial charge in [-0.2, -0.15) is 4.31 Å². The second-order valence-electron chi connectivity index (χ2n) is 7.94. The van der Waals surface area contributed by atoms with Crippen molar-refractivity contribution in [1.29, 1.82) is 0 Å². The van der Waals surface area contributed by atoms with Crippen LogP contribution >= 0.6 is 34.8 Å². The maximum atomic E-state index is 13.6. The number of anilines is 1. The Balaban J connectivity index is 1.77. The second kappa shape index (κ2) is 9.68. The van der Waals surface area contributed by atoms with Crippen LogP contribution in [0.1, 0.15) is 11.6 Å². The van der Waals surface area contributed by atoms with E-state index >= 15 is 0 Å². The fourth-order valence-electron chi connectivity index (χ4n) is 4.06. The third kappa shape index (κ3) is 5.08. The Morgan fingerprint density at radius 3 is 2.03 bits per heavy atom. The molecular formula is C23H21Cl3N2O4S2. The summed E-state index contributed by atoms with van der Waals surface area (Å²) in [4.78, 5) is 1.57. The molecule has 1 aliphatic heterocycles. The quantitative estimate of drug-likeness (QED) is 0.424. The van der Waals surface area contributed by atoms with Crippen molar-refractivity contribution in [3.63, 3.8) is 0 Å². The molecule has 3 aromatic carbocycles. The summed E-state index contributed by atoms with van der Waals surface area (Å²) < 4.78 is 53.1. The summed E-state index contributed by atoms with van der Waals surface area (Å²) in [6, 6.07) is 17.6.